The highest BCUT2D eigenvalue weighted by molar-refractivity contribution is 7.92. The van der Waals surface area contributed by atoms with Gasteiger partial charge in [0.05, 0.1) is 23.9 Å². The van der Waals surface area contributed by atoms with Gasteiger partial charge in [-0.2, -0.15) is 0 Å². The molecule has 0 saturated carbocycles. The third kappa shape index (κ3) is 4.04. The fraction of sp³-hybridized carbons (Fsp3) is 0.350. The van der Waals surface area contributed by atoms with Crippen LogP contribution in [0.25, 0.3) is 21.6 Å². The molecule has 0 aromatic carbocycles. The molecular weight excluding hydrogens is 422 g/mol. The molecule has 10 heteroatoms. The van der Waals surface area contributed by atoms with Crippen LogP contribution in [-0.4, -0.2) is 59.6 Å². The van der Waals surface area contributed by atoms with Crippen molar-refractivity contribution in [3.63, 3.8) is 0 Å². The summed E-state index contributed by atoms with van der Waals surface area (Å²) >= 11 is 1.12. The molecular formula is C20H21N5O3S2. The van der Waals surface area contributed by atoms with Crippen molar-refractivity contribution in [2.45, 2.75) is 29.5 Å². The lowest BCUT2D eigenvalue weighted by Gasteiger charge is -2.34. The number of nitrogens with one attached hydrogen (secondary N) is 2. The number of hydrogen-bond donors (Lipinski definition) is 2. The Morgan fingerprint density at radius 1 is 1.43 bits per heavy atom. The number of carbonyl (C=O) groups is 1. The van der Waals surface area contributed by atoms with E-state index in [-0.39, 0.29) is 22.6 Å². The zero-order valence-corrected chi connectivity index (χ0v) is 18.0. The van der Waals surface area contributed by atoms with Crippen molar-refractivity contribution in [3.8, 4) is 22.9 Å². The van der Waals surface area contributed by atoms with Crippen molar-refractivity contribution in [1.82, 2.24) is 19.9 Å². The molecule has 0 spiro atoms. The predicted molar refractivity (Wildman–Crippen MR) is 117 cm³/mol. The number of aromatic amines is 1. The number of piperidine rings is 1. The number of amides is 1. The van der Waals surface area contributed by atoms with Gasteiger partial charge in [0.15, 0.2) is 9.84 Å². The lowest BCUT2D eigenvalue weighted by molar-refractivity contribution is -0.131. The minimum absolute atomic E-state index is 0.0362. The number of H-pyrrole nitrogens is 1. The summed E-state index contributed by atoms with van der Waals surface area (Å²) in [5.41, 5.74) is 2.28. The standard InChI is InChI=1S/C20H21N5O3S2/c1-3-5-16(26)25-9-4-6-13(12-25)24-18-14-7-8-21-19(14)22-10-15(18)20-23-11-17(29-20)30(2,27)28/h1,7-8,10-11,13H,4-6,9,12H2,2H3,(H2,21,22,24)/t13-/m1/s1. The van der Waals surface area contributed by atoms with Gasteiger partial charge in [0.1, 0.15) is 14.9 Å². The molecule has 1 saturated heterocycles. The Kier molecular flexibility index (Phi) is 5.49. The number of nitrogens with zero attached hydrogens (tertiary/aromatic N) is 3. The fourth-order valence-corrected chi connectivity index (χ4v) is 5.36. The number of anilines is 1. The zero-order valence-electron chi connectivity index (χ0n) is 16.4. The molecule has 2 N–H and O–H groups in total. The van der Waals surface area contributed by atoms with Gasteiger partial charge in [0.2, 0.25) is 5.91 Å². The van der Waals surface area contributed by atoms with Crippen LogP contribution < -0.4 is 5.32 Å². The molecule has 1 fully saturated rings. The number of pyridine rings is 1. The summed E-state index contributed by atoms with van der Waals surface area (Å²) in [5.74, 6) is 2.38. The summed E-state index contributed by atoms with van der Waals surface area (Å²) in [5, 5.41) is 5.02. The highest BCUT2D eigenvalue weighted by Crippen LogP contribution is 2.37. The second-order valence-corrected chi connectivity index (χ2v) is 10.5. The second kappa shape index (κ2) is 8.08. The maximum atomic E-state index is 12.2. The molecule has 4 heterocycles. The van der Waals surface area contributed by atoms with Gasteiger partial charge in [-0.3, -0.25) is 4.79 Å². The van der Waals surface area contributed by atoms with Crippen LogP contribution in [0, 0.1) is 12.3 Å². The van der Waals surface area contributed by atoms with Crippen LogP contribution >= 0.6 is 11.3 Å². The molecule has 1 aliphatic rings. The van der Waals surface area contributed by atoms with Crippen molar-refractivity contribution >= 4 is 43.8 Å². The number of rotatable bonds is 5. The smallest absolute Gasteiger partial charge is 0.234 e. The van der Waals surface area contributed by atoms with E-state index in [2.05, 4.69) is 26.2 Å². The number of terminal acetylenes is 1. The third-order valence-corrected chi connectivity index (χ3v) is 7.86. The quantitative estimate of drug-likeness (QED) is 0.587. The number of sulfone groups is 1. The van der Waals surface area contributed by atoms with Crippen molar-refractivity contribution in [1.29, 1.82) is 0 Å². The van der Waals surface area contributed by atoms with E-state index in [4.69, 9.17) is 6.42 Å². The average molecular weight is 444 g/mol. The molecule has 156 valence electrons. The van der Waals surface area contributed by atoms with E-state index in [0.717, 1.165) is 46.5 Å². The van der Waals surface area contributed by atoms with Gasteiger partial charge in [-0.15, -0.1) is 17.8 Å². The van der Waals surface area contributed by atoms with E-state index in [1.54, 1.807) is 17.3 Å². The maximum Gasteiger partial charge on any atom is 0.234 e. The molecule has 0 bridgehead atoms. The number of aromatic nitrogens is 3. The van der Waals surface area contributed by atoms with Crippen molar-refractivity contribution < 1.29 is 13.2 Å². The Morgan fingerprint density at radius 3 is 3.00 bits per heavy atom. The average Bonchev–Trinajstić information content (AvgIpc) is 3.38. The molecule has 0 radical (unpaired) electrons. The van der Waals surface area contributed by atoms with Crippen molar-refractivity contribution in [3.05, 3.63) is 24.7 Å². The molecule has 4 rings (SSSR count). The van der Waals surface area contributed by atoms with Gasteiger partial charge in [-0.1, -0.05) is 5.92 Å². The van der Waals surface area contributed by atoms with Gasteiger partial charge in [-0.25, -0.2) is 18.4 Å². The molecule has 3 aromatic heterocycles. The summed E-state index contributed by atoms with van der Waals surface area (Å²) in [7, 11) is -3.34. The SMILES string of the molecule is C#CCC(=O)N1CCC[C@@H](Nc2c(-c3ncc(S(C)(=O)=O)s3)cnc3[nH]ccc23)C1. The Bertz CT molecular complexity index is 1240. The lowest BCUT2D eigenvalue weighted by atomic mass is 10.0. The highest BCUT2D eigenvalue weighted by atomic mass is 32.2. The van der Waals surface area contributed by atoms with E-state index < -0.39 is 9.84 Å². The van der Waals surface area contributed by atoms with E-state index in [1.165, 1.54) is 12.5 Å². The van der Waals surface area contributed by atoms with Gasteiger partial charge < -0.3 is 15.2 Å². The van der Waals surface area contributed by atoms with E-state index in [0.29, 0.717) is 18.1 Å². The predicted octanol–water partition coefficient (Wildman–Crippen LogP) is 2.52. The second-order valence-electron chi connectivity index (χ2n) is 7.25. The first kappa shape index (κ1) is 20.4. The topological polar surface area (TPSA) is 108 Å². The molecule has 0 aliphatic carbocycles. The van der Waals surface area contributed by atoms with Crippen LogP contribution in [0.15, 0.2) is 28.9 Å². The fourth-order valence-electron chi connectivity index (χ4n) is 3.61. The molecule has 30 heavy (non-hydrogen) atoms. The monoisotopic (exact) mass is 443 g/mol. The normalized spacial score (nSPS) is 17.1. The van der Waals surface area contributed by atoms with Gasteiger partial charge in [0.25, 0.3) is 0 Å². The van der Waals surface area contributed by atoms with Crippen LogP contribution in [0.1, 0.15) is 19.3 Å². The Hall–Kier alpha value is -2.90. The lowest BCUT2D eigenvalue weighted by Crippen LogP contribution is -2.45. The summed E-state index contributed by atoms with van der Waals surface area (Å²) in [6.07, 6.45) is 13.2. The summed E-state index contributed by atoms with van der Waals surface area (Å²) < 4.78 is 24.0. The van der Waals surface area contributed by atoms with Crippen LogP contribution in [0.3, 0.4) is 0 Å². The number of hydrogen-bond acceptors (Lipinski definition) is 7. The van der Waals surface area contributed by atoms with E-state index in [1.807, 2.05) is 6.07 Å². The minimum Gasteiger partial charge on any atom is -0.379 e. The molecule has 1 amide bonds. The first-order valence-electron chi connectivity index (χ1n) is 9.47. The molecule has 8 nitrogen and oxygen atoms in total. The molecule has 3 aromatic rings. The first-order chi connectivity index (χ1) is 14.4. The van der Waals surface area contributed by atoms with Crippen LogP contribution in [0.2, 0.25) is 0 Å². The number of carbonyl (C=O) groups excluding carboxylic acids is 1. The Morgan fingerprint density at radius 2 is 2.27 bits per heavy atom. The summed E-state index contributed by atoms with van der Waals surface area (Å²) in [4.78, 5) is 25.9. The van der Waals surface area contributed by atoms with Crippen molar-refractivity contribution in [2.75, 3.05) is 24.7 Å². The third-order valence-electron chi connectivity index (χ3n) is 5.04. The van der Waals surface area contributed by atoms with Crippen LogP contribution in [0.4, 0.5) is 5.69 Å². The molecule has 0 unspecified atom stereocenters. The number of thiazole rings is 1. The van der Waals surface area contributed by atoms with E-state index in [9.17, 15) is 13.2 Å². The molecule has 1 atom stereocenters. The zero-order chi connectivity index (χ0) is 21.3. The number of likely N-dealkylation sites (tertiary alicyclic amines) is 1. The van der Waals surface area contributed by atoms with Gasteiger partial charge in [-0.05, 0) is 18.9 Å². The summed E-state index contributed by atoms with van der Waals surface area (Å²) in [6, 6.07) is 1.96. The Balaban J connectivity index is 1.69. The highest BCUT2D eigenvalue weighted by Gasteiger charge is 2.25. The van der Waals surface area contributed by atoms with Crippen molar-refractivity contribution in [2.24, 2.45) is 0 Å². The molecule has 1 aliphatic heterocycles. The first-order valence-corrected chi connectivity index (χ1v) is 12.2. The number of fused-ring (bicyclic) bond motifs is 1. The van der Waals surface area contributed by atoms with Crippen LogP contribution in [-0.2, 0) is 14.6 Å². The maximum absolute atomic E-state index is 12.2. The largest absolute Gasteiger partial charge is 0.379 e. The van der Waals surface area contributed by atoms with Gasteiger partial charge in [0, 0.05) is 43.2 Å². The van der Waals surface area contributed by atoms with E-state index >= 15 is 0 Å². The minimum atomic E-state index is -3.34. The Labute approximate surface area is 178 Å². The summed E-state index contributed by atoms with van der Waals surface area (Å²) in [6.45, 7) is 1.26. The van der Waals surface area contributed by atoms with Crippen LogP contribution in [0.5, 0.6) is 0 Å². The van der Waals surface area contributed by atoms with Gasteiger partial charge >= 0.3 is 0 Å².